The summed E-state index contributed by atoms with van der Waals surface area (Å²) in [7, 11) is 0. The van der Waals surface area contributed by atoms with Crippen LogP contribution in [0.2, 0.25) is 20.1 Å². The fourth-order valence-electron chi connectivity index (χ4n) is 3.23. The van der Waals surface area contributed by atoms with E-state index >= 15 is 0 Å². The molecule has 2 aromatic carbocycles. The van der Waals surface area contributed by atoms with Crippen molar-refractivity contribution in [2.45, 2.75) is 26.7 Å². The minimum Gasteiger partial charge on any atom is -0.480 e. The summed E-state index contributed by atoms with van der Waals surface area (Å²) in [5, 5.41) is -0.0188. The maximum Gasteiger partial charge on any atom is 0.344 e. The number of hydrogen-bond donors (Lipinski definition) is 0. The minimum atomic E-state index is -0.690. The summed E-state index contributed by atoms with van der Waals surface area (Å²) in [4.78, 5) is 48.5. The van der Waals surface area contributed by atoms with Crippen molar-refractivity contribution in [1.82, 2.24) is 0 Å². The van der Waals surface area contributed by atoms with Crippen LogP contribution in [0.5, 0.6) is 11.5 Å². The summed E-state index contributed by atoms with van der Waals surface area (Å²) in [5.41, 5.74) is 1.15. The number of hydrogen-bond acceptors (Lipinski definition) is 9. The molecule has 0 atom stereocenters. The van der Waals surface area contributed by atoms with Gasteiger partial charge in [0.05, 0.1) is 23.3 Å². The van der Waals surface area contributed by atoms with Gasteiger partial charge in [-0.05, 0) is 48.3 Å². The zero-order valence-corrected chi connectivity index (χ0v) is 26.6. The highest BCUT2D eigenvalue weighted by molar-refractivity contribution is 6.46. The predicted octanol–water partition coefficient (Wildman–Crippen LogP) is 7.16. The van der Waals surface area contributed by atoms with Gasteiger partial charge in [0.1, 0.15) is 34.8 Å². The van der Waals surface area contributed by atoms with Crippen LogP contribution in [0.4, 0.5) is 0 Å². The van der Waals surface area contributed by atoms with Crippen molar-refractivity contribution in [3.05, 3.63) is 79.8 Å². The third-order valence-corrected chi connectivity index (χ3v) is 7.48. The van der Waals surface area contributed by atoms with E-state index < -0.39 is 25.2 Å². The fourth-order valence-corrected chi connectivity index (χ4v) is 4.15. The molecular weight excluding hydrogens is 646 g/mol. The molecule has 0 amide bonds. The monoisotopic (exact) mass is 674 g/mol. The smallest absolute Gasteiger partial charge is 0.344 e. The summed E-state index contributed by atoms with van der Waals surface area (Å²) in [5.74, 6) is -1.81. The summed E-state index contributed by atoms with van der Waals surface area (Å²) < 4.78 is 26.0. The molecule has 9 nitrogen and oxygen atoms in total. The summed E-state index contributed by atoms with van der Waals surface area (Å²) in [6, 6.07) is 5.76. The van der Waals surface area contributed by atoms with Crippen molar-refractivity contribution in [2.24, 2.45) is 0 Å². The van der Waals surface area contributed by atoms with Gasteiger partial charge in [0.15, 0.2) is 24.8 Å². The highest BCUT2D eigenvalue weighted by Crippen LogP contribution is 2.37. The van der Waals surface area contributed by atoms with Gasteiger partial charge in [-0.3, -0.25) is 9.59 Å². The van der Waals surface area contributed by atoms with Crippen LogP contribution in [-0.4, -0.2) is 63.1 Å². The van der Waals surface area contributed by atoms with Gasteiger partial charge in [-0.2, -0.15) is 0 Å². The Morgan fingerprint density at radius 3 is 1.33 bits per heavy atom. The van der Waals surface area contributed by atoms with Crippen LogP contribution in [0.25, 0.3) is 0 Å². The molecule has 0 bridgehead atoms. The molecule has 43 heavy (non-hydrogen) atoms. The number of rotatable bonds is 18. The number of carbonyl (C=O) groups excluding carboxylic acids is 4. The van der Waals surface area contributed by atoms with Gasteiger partial charge >= 0.3 is 11.9 Å². The quantitative estimate of drug-likeness (QED) is 0.0703. The van der Waals surface area contributed by atoms with Gasteiger partial charge in [0.2, 0.25) is 0 Å². The maximum absolute atomic E-state index is 12.3. The number of esters is 2. The van der Waals surface area contributed by atoms with Crippen LogP contribution in [0.15, 0.2) is 48.6 Å². The maximum atomic E-state index is 12.3. The van der Waals surface area contributed by atoms with E-state index in [9.17, 15) is 19.2 Å². The van der Waals surface area contributed by atoms with E-state index in [-0.39, 0.29) is 80.7 Å². The first-order chi connectivity index (χ1) is 20.4. The van der Waals surface area contributed by atoms with Gasteiger partial charge in [-0.1, -0.05) is 73.4 Å². The first kappa shape index (κ1) is 36.1. The standard InChI is InChI=1S/C30H30Cl4O9/c1-5-17(3)29(37)19-7-9-21(27(33)25(19)31)42-15-23(35)40-13-11-39-12-14-41-24(36)16-43-22-10-8-20(26(32)28(22)34)30(38)18(4)6-2/h7-10H,3-6,11-16H2,1-2H3. The zero-order chi connectivity index (χ0) is 32.1. The SMILES string of the molecule is C=C(CC)C(=O)c1ccc(OCC(=O)OCCOCCOC(=O)COc2ccc(C(=O)C(=C)CC)c(Cl)c2Cl)c(Cl)c1Cl. The molecule has 0 saturated heterocycles. The Balaban J connectivity index is 1.65. The molecule has 0 heterocycles. The average Bonchev–Trinajstić information content (AvgIpc) is 3.00. The summed E-state index contributed by atoms with van der Waals surface area (Å²) in [6.07, 6.45) is 0.925. The van der Waals surface area contributed by atoms with Gasteiger partial charge in [0, 0.05) is 11.1 Å². The van der Waals surface area contributed by atoms with Gasteiger partial charge < -0.3 is 23.7 Å². The van der Waals surface area contributed by atoms with Crippen LogP contribution >= 0.6 is 46.4 Å². The minimum absolute atomic E-state index is 0.00190. The van der Waals surface area contributed by atoms with Crippen LogP contribution in [-0.2, 0) is 23.8 Å². The van der Waals surface area contributed by atoms with Crippen molar-refractivity contribution in [2.75, 3.05) is 39.6 Å². The summed E-state index contributed by atoms with van der Waals surface area (Å²) >= 11 is 24.8. The van der Waals surface area contributed by atoms with Gasteiger partial charge in [-0.15, -0.1) is 0 Å². The highest BCUT2D eigenvalue weighted by Gasteiger charge is 2.20. The van der Waals surface area contributed by atoms with E-state index in [1.165, 1.54) is 24.3 Å². The Labute approximate surface area is 269 Å². The topological polar surface area (TPSA) is 114 Å². The molecule has 0 spiro atoms. The van der Waals surface area contributed by atoms with Crippen molar-refractivity contribution in [3.8, 4) is 11.5 Å². The zero-order valence-electron chi connectivity index (χ0n) is 23.6. The van der Waals surface area contributed by atoms with E-state index in [0.29, 0.717) is 24.0 Å². The van der Waals surface area contributed by atoms with Crippen LogP contribution in [0.1, 0.15) is 47.4 Å². The second-order valence-electron chi connectivity index (χ2n) is 8.68. The molecule has 0 aliphatic carbocycles. The van der Waals surface area contributed by atoms with Crippen molar-refractivity contribution >= 4 is 69.9 Å². The molecule has 0 aliphatic heterocycles. The lowest BCUT2D eigenvalue weighted by atomic mass is 10.0. The van der Waals surface area contributed by atoms with E-state index in [0.717, 1.165) is 0 Å². The van der Waals surface area contributed by atoms with E-state index in [1.54, 1.807) is 13.8 Å². The molecule has 0 radical (unpaired) electrons. The summed E-state index contributed by atoms with van der Waals surface area (Å²) in [6.45, 7) is 9.99. The predicted molar refractivity (Wildman–Crippen MR) is 164 cm³/mol. The molecule has 0 fully saturated rings. The largest absolute Gasteiger partial charge is 0.480 e. The molecule has 0 aromatic heterocycles. The molecule has 2 rings (SSSR count). The molecule has 0 saturated carbocycles. The first-order valence-electron chi connectivity index (χ1n) is 13.0. The van der Waals surface area contributed by atoms with E-state index in [2.05, 4.69) is 13.2 Å². The van der Waals surface area contributed by atoms with Gasteiger partial charge in [0.25, 0.3) is 0 Å². The van der Waals surface area contributed by atoms with Crippen LogP contribution < -0.4 is 9.47 Å². The number of halogens is 4. The second-order valence-corrected chi connectivity index (χ2v) is 10.2. The third-order valence-electron chi connectivity index (χ3n) is 5.75. The van der Waals surface area contributed by atoms with Gasteiger partial charge in [-0.25, -0.2) is 9.59 Å². The number of benzene rings is 2. The normalized spacial score (nSPS) is 10.6. The highest BCUT2D eigenvalue weighted by atomic mass is 35.5. The molecule has 0 unspecified atom stereocenters. The molecule has 0 N–H and O–H groups in total. The first-order valence-corrected chi connectivity index (χ1v) is 14.5. The Hall–Kier alpha value is -3.08. The van der Waals surface area contributed by atoms with Crippen LogP contribution in [0, 0.1) is 0 Å². The second kappa shape index (κ2) is 17.9. The fraction of sp³-hybridized carbons (Fsp3) is 0.333. The number of ether oxygens (including phenoxy) is 5. The van der Waals surface area contributed by atoms with Crippen molar-refractivity contribution < 1.29 is 42.9 Å². The number of ketones is 2. The molecule has 232 valence electrons. The third kappa shape index (κ3) is 10.5. The molecule has 2 aromatic rings. The lowest BCUT2D eigenvalue weighted by Gasteiger charge is -2.12. The Morgan fingerprint density at radius 2 is 0.977 bits per heavy atom. The number of allylic oxidation sites excluding steroid dienone is 2. The lowest BCUT2D eigenvalue weighted by molar-refractivity contribution is -0.149. The average molecular weight is 676 g/mol. The van der Waals surface area contributed by atoms with E-state index in [4.69, 9.17) is 70.1 Å². The Kier molecular flexibility index (Phi) is 15.0. The number of Topliss-reactive ketones (excluding diaryl/α,β-unsaturated/α-hetero) is 2. The van der Waals surface area contributed by atoms with Crippen LogP contribution in [0.3, 0.4) is 0 Å². The Morgan fingerprint density at radius 1 is 0.605 bits per heavy atom. The molecular formula is C30H30Cl4O9. The van der Waals surface area contributed by atoms with E-state index in [1.807, 2.05) is 0 Å². The number of carbonyl (C=O) groups is 4. The lowest BCUT2D eigenvalue weighted by Crippen LogP contribution is -2.20. The Bertz CT molecular complexity index is 1280. The molecule has 13 heteroatoms. The molecule has 0 aliphatic rings. The van der Waals surface area contributed by atoms with Crippen molar-refractivity contribution in [1.29, 1.82) is 0 Å². The van der Waals surface area contributed by atoms with Crippen molar-refractivity contribution in [3.63, 3.8) is 0 Å².